The van der Waals surface area contributed by atoms with Gasteiger partial charge in [0.1, 0.15) is 22.3 Å². The molecule has 0 bridgehead atoms. The molecule has 0 unspecified atom stereocenters. The largest absolute Gasteiger partial charge is 0.351 e. The number of carbonyl (C=O) groups is 1. The van der Waals surface area contributed by atoms with Crippen LogP contribution < -0.4 is 5.32 Å². The van der Waals surface area contributed by atoms with Crippen LogP contribution in [0.5, 0.6) is 0 Å². The van der Waals surface area contributed by atoms with Crippen LogP contribution in [0.3, 0.4) is 0 Å². The van der Waals surface area contributed by atoms with E-state index in [1.807, 2.05) is 4.90 Å². The summed E-state index contributed by atoms with van der Waals surface area (Å²) >= 11 is 1.41. The molecule has 1 amide bonds. The van der Waals surface area contributed by atoms with E-state index in [-0.39, 0.29) is 17.5 Å². The van der Waals surface area contributed by atoms with Crippen molar-refractivity contribution in [2.75, 3.05) is 6.54 Å². The van der Waals surface area contributed by atoms with Gasteiger partial charge in [-0.15, -0.1) is 11.3 Å². The van der Waals surface area contributed by atoms with Gasteiger partial charge in [0.25, 0.3) is 5.91 Å². The standard InChI is InChI=1S/C24H27F2N3OS/c1-2-3-6-13-27-24(30)22-17-31-23(28-22)16-29(14-18-9-11-20(25)12-10-18)15-19-7-4-5-8-21(19)26/h4-5,7-12,17H,2-3,6,13-16H2,1H3,(H,27,30). The Kier molecular flexibility index (Phi) is 8.67. The molecule has 0 fully saturated rings. The highest BCUT2D eigenvalue weighted by Gasteiger charge is 2.15. The van der Waals surface area contributed by atoms with E-state index in [1.165, 1.54) is 29.5 Å². The van der Waals surface area contributed by atoms with Gasteiger partial charge in [-0.3, -0.25) is 9.69 Å². The van der Waals surface area contributed by atoms with Crippen molar-refractivity contribution in [2.24, 2.45) is 0 Å². The Hall–Kier alpha value is -2.64. The average molecular weight is 444 g/mol. The number of hydrogen-bond acceptors (Lipinski definition) is 4. The summed E-state index contributed by atoms with van der Waals surface area (Å²) in [7, 11) is 0. The molecule has 164 valence electrons. The quantitative estimate of drug-likeness (QED) is 0.396. The number of rotatable bonds is 11. The number of unbranched alkanes of at least 4 members (excludes halogenated alkanes) is 2. The Labute approximate surface area is 185 Å². The van der Waals surface area contributed by atoms with Crippen LogP contribution in [0, 0.1) is 11.6 Å². The molecule has 7 heteroatoms. The Morgan fingerprint density at radius 2 is 1.81 bits per heavy atom. The highest BCUT2D eigenvalue weighted by atomic mass is 32.1. The van der Waals surface area contributed by atoms with Crippen LogP contribution in [-0.4, -0.2) is 22.3 Å². The molecular weight excluding hydrogens is 416 g/mol. The molecule has 0 aliphatic carbocycles. The van der Waals surface area contributed by atoms with Crippen molar-refractivity contribution in [3.8, 4) is 0 Å². The average Bonchev–Trinajstić information content (AvgIpc) is 3.23. The molecule has 3 aromatic rings. The van der Waals surface area contributed by atoms with Crippen LogP contribution in [0.4, 0.5) is 8.78 Å². The molecule has 0 aliphatic heterocycles. The molecule has 4 nitrogen and oxygen atoms in total. The van der Waals surface area contributed by atoms with Crippen molar-refractivity contribution in [3.63, 3.8) is 0 Å². The van der Waals surface area contributed by atoms with Gasteiger partial charge in [-0.1, -0.05) is 50.1 Å². The van der Waals surface area contributed by atoms with Gasteiger partial charge in [-0.2, -0.15) is 0 Å². The molecule has 31 heavy (non-hydrogen) atoms. The zero-order valence-corrected chi connectivity index (χ0v) is 18.4. The smallest absolute Gasteiger partial charge is 0.270 e. The molecule has 0 saturated carbocycles. The SMILES string of the molecule is CCCCCNC(=O)c1csc(CN(Cc2ccc(F)cc2)Cc2ccccc2F)n1. The molecule has 3 rings (SSSR count). The van der Waals surface area contributed by atoms with Gasteiger partial charge in [0.05, 0.1) is 6.54 Å². The normalized spacial score (nSPS) is 11.1. The highest BCUT2D eigenvalue weighted by molar-refractivity contribution is 7.09. The maximum absolute atomic E-state index is 14.2. The number of thiazole rings is 1. The predicted molar refractivity (Wildman–Crippen MR) is 120 cm³/mol. The van der Waals surface area contributed by atoms with Crippen LogP contribution in [0.2, 0.25) is 0 Å². The monoisotopic (exact) mass is 443 g/mol. The number of nitrogens with zero attached hydrogens (tertiary/aromatic N) is 2. The maximum Gasteiger partial charge on any atom is 0.270 e. The molecule has 1 N–H and O–H groups in total. The van der Waals surface area contributed by atoms with Crippen LogP contribution in [0.25, 0.3) is 0 Å². The summed E-state index contributed by atoms with van der Waals surface area (Å²) in [6.07, 6.45) is 3.13. The minimum absolute atomic E-state index is 0.169. The Morgan fingerprint density at radius 1 is 1.03 bits per heavy atom. The number of halogens is 2. The molecule has 0 radical (unpaired) electrons. The first-order valence-electron chi connectivity index (χ1n) is 10.5. The van der Waals surface area contributed by atoms with E-state index in [1.54, 1.807) is 35.7 Å². The third-order valence-corrected chi connectivity index (χ3v) is 5.71. The third kappa shape index (κ3) is 7.22. The topological polar surface area (TPSA) is 45.2 Å². The Bertz CT molecular complexity index is 975. The second-order valence-corrected chi connectivity index (χ2v) is 8.40. The van der Waals surface area contributed by atoms with E-state index < -0.39 is 0 Å². The fourth-order valence-corrected chi connectivity index (χ4v) is 4.05. The zero-order chi connectivity index (χ0) is 22.1. The number of carbonyl (C=O) groups excluding carboxylic acids is 1. The van der Waals surface area contributed by atoms with Gasteiger partial charge in [-0.05, 0) is 30.2 Å². The summed E-state index contributed by atoms with van der Waals surface area (Å²) in [5, 5.41) is 5.43. The maximum atomic E-state index is 14.2. The van der Waals surface area contributed by atoms with E-state index in [0.29, 0.717) is 37.4 Å². The number of amides is 1. The molecule has 0 saturated heterocycles. The number of benzene rings is 2. The third-order valence-electron chi connectivity index (χ3n) is 4.88. The summed E-state index contributed by atoms with van der Waals surface area (Å²) in [6.45, 7) is 4.10. The summed E-state index contributed by atoms with van der Waals surface area (Å²) in [4.78, 5) is 18.8. The predicted octanol–water partition coefficient (Wildman–Crippen LogP) is 5.54. The van der Waals surface area contributed by atoms with E-state index in [4.69, 9.17) is 0 Å². The lowest BCUT2D eigenvalue weighted by Gasteiger charge is -2.22. The van der Waals surface area contributed by atoms with Crippen molar-refractivity contribution in [1.29, 1.82) is 0 Å². The highest BCUT2D eigenvalue weighted by Crippen LogP contribution is 2.19. The van der Waals surface area contributed by atoms with Crippen molar-refractivity contribution in [3.05, 3.63) is 87.4 Å². The van der Waals surface area contributed by atoms with Gasteiger partial charge in [0.15, 0.2) is 0 Å². The Balaban J connectivity index is 1.69. The van der Waals surface area contributed by atoms with Crippen molar-refractivity contribution in [1.82, 2.24) is 15.2 Å². The minimum atomic E-state index is -0.293. The van der Waals surface area contributed by atoms with E-state index in [2.05, 4.69) is 17.2 Å². The molecule has 0 aliphatic rings. The molecule has 1 aromatic heterocycles. The summed E-state index contributed by atoms with van der Waals surface area (Å²) in [6, 6.07) is 12.9. The van der Waals surface area contributed by atoms with E-state index >= 15 is 0 Å². The van der Waals surface area contributed by atoms with Crippen molar-refractivity contribution >= 4 is 17.2 Å². The lowest BCUT2D eigenvalue weighted by Crippen LogP contribution is -2.25. The minimum Gasteiger partial charge on any atom is -0.351 e. The van der Waals surface area contributed by atoms with Crippen molar-refractivity contribution in [2.45, 2.75) is 45.8 Å². The van der Waals surface area contributed by atoms with E-state index in [9.17, 15) is 13.6 Å². The van der Waals surface area contributed by atoms with Crippen LogP contribution in [-0.2, 0) is 19.6 Å². The van der Waals surface area contributed by atoms with Gasteiger partial charge >= 0.3 is 0 Å². The van der Waals surface area contributed by atoms with E-state index in [0.717, 1.165) is 29.8 Å². The second-order valence-electron chi connectivity index (χ2n) is 7.45. The zero-order valence-electron chi connectivity index (χ0n) is 17.6. The second kappa shape index (κ2) is 11.7. The first-order valence-corrected chi connectivity index (χ1v) is 11.4. The molecule has 2 aromatic carbocycles. The Morgan fingerprint density at radius 3 is 2.55 bits per heavy atom. The van der Waals surface area contributed by atoms with Gasteiger partial charge in [0, 0.05) is 30.6 Å². The summed E-state index contributed by atoms with van der Waals surface area (Å²) < 4.78 is 27.5. The number of hydrogen-bond donors (Lipinski definition) is 1. The fraction of sp³-hybridized carbons (Fsp3) is 0.333. The molecular formula is C24H27F2N3OS. The van der Waals surface area contributed by atoms with Crippen LogP contribution in [0.1, 0.15) is 52.8 Å². The lowest BCUT2D eigenvalue weighted by molar-refractivity contribution is 0.0948. The number of aromatic nitrogens is 1. The lowest BCUT2D eigenvalue weighted by atomic mass is 10.1. The van der Waals surface area contributed by atoms with Crippen molar-refractivity contribution < 1.29 is 13.6 Å². The van der Waals surface area contributed by atoms with Gasteiger partial charge < -0.3 is 5.32 Å². The first kappa shape index (κ1) is 23.0. The molecule has 0 atom stereocenters. The van der Waals surface area contributed by atoms with Crippen LogP contribution in [0.15, 0.2) is 53.9 Å². The molecule has 0 spiro atoms. The fourth-order valence-electron chi connectivity index (χ4n) is 3.23. The van der Waals surface area contributed by atoms with Crippen LogP contribution >= 0.6 is 11.3 Å². The number of nitrogens with one attached hydrogen (secondary N) is 1. The summed E-state index contributed by atoms with van der Waals surface area (Å²) in [5.74, 6) is -0.727. The van der Waals surface area contributed by atoms with Gasteiger partial charge in [-0.25, -0.2) is 13.8 Å². The molecule has 1 heterocycles. The first-order chi connectivity index (χ1) is 15.0. The van der Waals surface area contributed by atoms with Gasteiger partial charge in [0.2, 0.25) is 0 Å². The summed E-state index contributed by atoms with van der Waals surface area (Å²) in [5.41, 5.74) is 1.90.